The van der Waals surface area contributed by atoms with Gasteiger partial charge in [-0.3, -0.25) is 0 Å². The molecule has 0 atom stereocenters. The molecule has 208 valence electrons. The first-order valence-electron chi connectivity index (χ1n) is 15.5. The standard InChI is InChI=1S/C42H24N2S/c1-2-11-25(12-3-1)43-34-20-7-5-14-32(34)38-35(43)24-23-31-30-18-8-17-29-28-16-10-22-37-40(28)39-27(15-9-21-36(39)45-37)26-13-4-6-19-33(26)44(41(29)30)42(31)38/h1-24H. The number of hydrogen-bond donors (Lipinski definition) is 0. The molecule has 0 radical (unpaired) electrons. The Labute approximate surface area is 261 Å². The Hall–Kier alpha value is -5.64. The Morgan fingerprint density at radius 3 is 1.67 bits per heavy atom. The Balaban J connectivity index is 1.54. The van der Waals surface area contributed by atoms with Crippen molar-refractivity contribution >= 4 is 102 Å². The van der Waals surface area contributed by atoms with Crippen LogP contribution >= 0.6 is 11.3 Å². The Bertz CT molecular complexity index is 3030. The van der Waals surface area contributed by atoms with Crippen LogP contribution in [0.1, 0.15) is 0 Å². The minimum Gasteiger partial charge on any atom is -0.309 e. The summed E-state index contributed by atoms with van der Waals surface area (Å²) in [6, 6.07) is 53.9. The Morgan fingerprint density at radius 2 is 0.889 bits per heavy atom. The molecular formula is C42H24N2S. The van der Waals surface area contributed by atoms with Gasteiger partial charge in [0.15, 0.2) is 0 Å². The molecule has 11 aromatic rings. The average Bonchev–Trinajstić information content (AvgIpc) is 3.76. The number of para-hydroxylation sites is 4. The molecule has 0 saturated carbocycles. The van der Waals surface area contributed by atoms with E-state index in [1.165, 1.54) is 96.5 Å². The Morgan fingerprint density at radius 1 is 0.333 bits per heavy atom. The van der Waals surface area contributed by atoms with Gasteiger partial charge in [0, 0.05) is 58.2 Å². The van der Waals surface area contributed by atoms with Crippen molar-refractivity contribution in [3.8, 4) is 5.69 Å². The van der Waals surface area contributed by atoms with E-state index in [2.05, 4.69) is 155 Å². The fraction of sp³-hybridized carbons (Fsp3) is 0. The molecule has 2 nitrogen and oxygen atoms in total. The molecule has 0 amide bonds. The number of benzene rings is 7. The third-order valence-corrected chi connectivity index (χ3v) is 11.0. The van der Waals surface area contributed by atoms with Gasteiger partial charge >= 0.3 is 0 Å². The van der Waals surface area contributed by atoms with Crippen LogP contribution in [0.4, 0.5) is 0 Å². The largest absolute Gasteiger partial charge is 0.309 e. The molecule has 7 aromatic carbocycles. The molecule has 0 unspecified atom stereocenters. The molecule has 45 heavy (non-hydrogen) atoms. The monoisotopic (exact) mass is 588 g/mol. The minimum atomic E-state index is 1.17. The van der Waals surface area contributed by atoms with Crippen molar-refractivity contribution in [2.24, 2.45) is 0 Å². The van der Waals surface area contributed by atoms with E-state index in [1.807, 2.05) is 11.3 Å². The van der Waals surface area contributed by atoms with Crippen LogP contribution < -0.4 is 0 Å². The Kier molecular flexibility index (Phi) is 4.49. The van der Waals surface area contributed by atoms with Crippen molar-refractivity contribution in [3.63, 3.8) is 0 Å². The molecule has 0 aliphatic heterocycles. The second-order valence-corrected chi connectivity index (χ2v) is 13.1. The van der Waals surface area contributed by atoms with E-state index < -0.39 is 0 Å². The van der Waals surface area contributed by atoms with Crippen LogP contribution in [0, 0.1) is 0 Å². The molecule has 0 saturated heterocycles. The minimum absolute atomic E-state index is 1.17. The predicted octanol–water partition coefficient (Wildman–Crippen LogP) is 12.0. The summed E-state index contributed by atoms with van der Waals surface area (Å²) in [5.41, 5.74) is 7.36. The third-order valence-electron chi connectivity index (χ3n) is 9.85. The summed E-state index contributed by atoms with van der Waals surface area (Å²) in [6.07, 6.45) is 0. The summed E-state index contributed by atoms with van der Waals surface area (Å²) < 4.78 is 7.69. The van der Waals surface area contributed by atoms with E-state index in [9.17, 15) is 0 Å². The summed E-state index contributed by atoms with van der Waals surface area (Å²) in [5.74, 6) is 0. The maximum absolute atomic E-state index is 2.59. The highest BCUT2D eigenvalue weighted by Gasteiger charge is 2.22. The molecule has 3 heteroatoms. The van der Waals surface area contributed by atoms with E-state index in [0.29, 0.717) is 0 Å². The zero-order valence-corrected chi connectivity index (χ0v) is 25.0. The second-order valence-electron chi connectivity index (χ2n) is 12.1. The summed E-state index contributed by atoms with van der Waals surface area (Å²) in [5, 5.41) is 13.0. The zero-order chi connectivity index (χ0) is 29.2. The zero-order valence-electron chi connectivity index (χ0n) is 24.2. The van der Waals surface area contributed by atoms with Crippen LogP contribution in [0.3, 0.4) is 0 Å². The van der Waals surface area contributed by atoms with E-state index in [4.69, 9.17) is 0 Å². The lowest BCUT2D eigenvalue weighted by Gasteiger charge is -2.08. The number of rotatable bonds is 1. The van der Waals surface area contributed by atoms with Crippen molar-refractivity contribution < 1.29 is 0 Å². The highest BCUT2D eigenvalue weighted by Crippen LogP contribution is 2.46. The fourth-order valence-electron chi connectivity index (χ4n) is 8.13. The van der Waals surface area contributed by atoms with Crippen molar-refractivity contribution in [1.29, 1.82) is 0 Å². The molecule has 0 spiro atoms. The molecule has 0 aliphatic carbocycles. The third kappa shape index (κ3) is 2.94. The van der Waals surface area contributed by atoms with Gasteiger partial charge in [-0.25, -0.2) is 0 Å². The van der Waals surface area contributed by atoms with Gasteiger partial charge in [-0.05, 0) is 53.2 Å². The number of nitrogens with zero attached hydrogens (tertiary/aromatic N) is 2. The van der Waals surface area contributed by atoms with Crippen LogP contribution in [0.2, 0.25) is 0 Å². The van der Waals surface area contributed by atoms with E-state index in [0.717, 1.165) is 0 Å². The first-order valence-corrected chi connectivity index (χ1v) is 16.3. The van der Waals surface area contributed by atoms with Crippen LogP contribution in [-0.4, -0.2) is 8.97 Å². The topological polar surface area (TPSA) is 9.34 Å². The first kappa shape index (κ1) is 23.8. The molecule has 4 heterocycles. The summed E-state index contributed by atoms with van der Waals surface area (Å²) >= 11 is 1.90. The van der Waals surface area contributed by atoms with Crippen LogP contribution in [-0.2, 0) is 0 Å². The SMILES string of the molecule is c1ccc(-n2c3ccccc3c3c2ccc2c4cccc5c6cccc7sc8cccc(c9ccccc9n(c54)c23)c8c76)cc1. The van der Waals surface area contributed by atoms with Gasteiger partial charge in [0.05, 0.1) is 27.6 Å². The van der Waals surface area contributed by atoms with Gasteiger partial charge in [0.25, 0.3) is 0 Å². The van der Waals surface area contributed by atoms with Gasteiger partial charge in [0.2, 0.25) is 0 Å². The maximum atomic E-state index is 2.59. The van der Waals surface area contributed by atoms with Gasteiger partial charge < -0.3 is 8.97 Å². The average molecular weight is 589 g/mol. The number of thiophene rings is 1. The van der Waals surface area contributed by atoms with E-state index in [1.54, 1.807) is 0 Å². The molecule has 0 fully saturated rings. The molecule has 4 aromatic heterocycles. The molecule has 0 bridgehead atoms. The van der Waals surface area contributed by atoms with Crippen LogP contribution in [0.25, 0.3) is 96.5 Å². The van der Waals surface area contributed by atoms with Crippen molar-refractivity contribution in [2.45, 2.75) is 0 Å². The normalized spacial score (nSPS) is 12.4. The first-order chi connectivity index (χ1) is 22.4. The molecule has 0 N–H and O–H groups in total. The quantitative estimate of drug-likeness (QED) is 0.180. The van der Waals surface area contributed by atoms with Gasteiger partial charge in [-0.1, -0.05) is 103 Å². The lowest BCUT2D eigenvalue weighted by Crippen LogP contribution is -1.93. The summed E-state index contributed by atoms with van der Waals surface area (Å²) in [4.78, 5) is 0. The van der Waals surface area contributed by atoms with E-state index >= 15 is 0 Å². The van der Waals surface area contributed by atoms with Crippen molar-refractivity contribution in [2.75, 3.05) is 0 Å². The van der Waals surface area contributed by atoms with Gasteiger partial charge in [-0.15, -0.1) is 11.3 Å². The lowest BCUT2D eigenvalue weighted by atomic mass is 10.0. The second kappa shape index (κ2) is 8.50. The molecule has 11 rings (SSSR count). The maximum Gasteiger partial charge on any atom is 0.0641 e. The van der Waals surface area contributed by atoms with Crippen molar-refractivity contribution in [3.05, 3.63) is 146 Å². The number of aromatic nitrogens is 2. The summed E-state index contributed by atoms with van der Waals surface area (Å²) in [7, 11) is 0. The van der Waals surface area contributed by atoms with Gasteiger partial charge in [-0.2, -0.15) is 0 Å². The van der Waals surface area contributed by atoms with Crippen LogP contribution in [0.5, 0.6) is 0 Å². The lowest BCUT2D eigenvalue weighted by molar-refractivity contribution is 1.18. The van der Waals surface area contributed by atoms with E-state index in [-0.39, 0.29) is 0 Å². The van der Waals surface area contributed by atoms with Gasteiger partial charge in [0.1, 0.15) is 0 Å². The fourth-order valence-corrected chi connectivity index (χ4v) is 9.29. The summed E-state index contributed by atoms with van der Waals surface area (Å²) in [6.45, 7) is 0. The highest BCUT2D eigenvalue weighted by molar-refractivity contribution is 7.26. The predicted molar refractivity (Wildman–Crippen MR) is 195 cm³/mol. The number of fused-ring (bicyclic) bond motifs is 11. The number of hydrogen-bond acceptors (Lipinski definition) is 1. The smallest absolute Gasteiger partial charge is 0.0641 e. The molecule has 0 aliphatic rings. The van der Waals surface area contributed by atoms with Crippen LogP contribution in [0.15, 0.2) is 146 Å². The van der Waals surface area contributed by atoms with Crippen molar-refractivity contribution in [1.82, 2.24) is 8.97 Å². The highest BCUT2D eigenvalue weighted by atomic mass is 32.1. The molecular weight excluding hydrogens is 565 g/mol.